The molecule has 2 aromatic rings. The molecule has 0 aliphatic heterocycles. The fourth-order valence-electron chi connectivity index (χ4n) is 1.92. The summed E-state index contributed by atoms with van der Waals surface area (Å²) < 4.78 is 39.0. The average molecular weight is 295 g/mol. The van der Waals surface area contributed by atoms with Crippen LogP contribution in [0.5, 0.6) is 0 Å². The molecular weight excluding hydrogens is 283 g/mol. The quantitative estimate of drug-likeness (QED) is 0.832. The third-order valence-corrected chi connectivity index (χ3v) is 2.93. The molecule has 0 saturated heterocycles. The molecule has 2 rings (SSSR count). The predicted octanol–water partition coefficient (Wildman–Crippen LogP) is 3.34. The van der Waals surface area contributed by atoms with Crippen molar-refractivity contribution in [2.45, 2.75) is 13.0 Å². The first-order chi connectivity index (χ1) is 9.97. The number of hydrogen-bond donors (Lipinski definition) is 2. The molecule has 0 saturated carbocycles. The molecule has 0 amide bonds. The van der Waals surface area contributed by atoms with Gasteiger partial charge < -0.3 is 10.4 Å². The highest BCUT2D eigenvalue weighted by molar-refractivity contribution is 5.70. The highest BCUT2D eigenvalue weighted by atomic mass is 19.2. The number of anilines is 1. The monoisotopic (exact) mass is 295 g/mol. The second-order valence-electron chi connectivity index (χ2n) is 4.45. The van der Waals surface area contributed by atoms with E-state index < -0.39 is 23.4 Å². The number of hydrogen-bond acceptors (Lipinski definition) is 2. The van der Waals surface area contributed by atoms with Gasteiger partial charge >= 0.3 is 5.97 Å². The van der Waals surface area contributed by atoms with Crippen LogP contribution in [0.3, 0.4) is 0 Å². The summed E-state index contributed by atoms with van der Waals surface area (Å²) in [4.78, 5) is 10.8. The smallest absolute Gasteiger partial charge is 0.307 e. The van der Waals surface area contributed by atoms with Gasteiger partial charge in [-0.2, -0.15) is 0 Å². The highest BCUT2D eigenvalue weighted by Crippen LogP contribution is 2.19. The molecule has 0 bridgehead atoms. The lowest BCUT2D eigenvalue weighted by atomic mass is 10.0. The minimum atomic E-state index is -1.52. The van der Waals surface area contributed by atoms with Gasteiger partial charge in [0.25, 0.3) is 0 Å². The van der Waals surface area contributed by atoms with Gasteiger partial charge in [0, 0.05) is 24.4 Å². The van der Waals surface area contributed by atoms with Crippen molar-refractivity contribution < 1.29 is 23.1 Å². The molecule has 110 valence electrons. The molecule has 0 atom stereocenters. The molecule has 0 unspecified atom stereocenters. The lowest BCUT2D eigenvalue weighted by molar-refractivity contribution is -0.136. The maximum absolute atomic E-state index is 13.1. The van der Waals surface area contributed by atoms with E-state index in [2.05, 4.69) is 5.32 Å². The van der Waals surface area contributed by atoms with Crippen molar-refractivity contribution in [3.63, 3.8) is 0 Å². The van der Waals surface area contributed by atoms with Gasteiger partial charge in [-0.3, -0.25) is 4.79 Å². The Morgan fingerprint density at radius 2 is 1.62 bits per heavy atom. The summed E-state index contributed by atoms with van der Waals surface area (Å²) in [5, 5.41) is 11.6. The maximum Gasteiger partial charge on any atom is 0.307 e. The zero-order chi connectivity index (χ0) is 15.4. The van der Waals surface area contributed by atoms with Crippen LogP contribution in [0.4, 0.5) is 18.9 Å². The molecule has 0 fully saturated rings. The molecule has 21 heavy (non-hydrogen) atoms. The van der Waals surface area contributed by atoms with Crippen molar-refractivity contribution in [3.8, 4) is 0 Å². The summed E-state index contributed by atoms with van der Waals surface area (Å²) in [5.74, 6) is -5.05. The van der Waals surface area contributed by atoms with Crippen LogP contribution in [0.2, 0.25) is 0 Å². The fourth-order valence-corrected chi connectivity index (χ4v) is 1.92. The Morgan fingerprint density at radius 1 is 1.05 bits per heavy atom. The molecule has 2 N–H and O–H groups in total. The molecule has 0 heterocycles. The molecule has 0 radical (unpaired) electrons. The number of rotatable bonds is 5. The number of carbonyl (C=O) groups is 1. The highest BCUT2D eigenvalue weighted by Gasteiger charge is 2.11. The second kappa shape index (κ2) is 6.30. The standard InChI is InChI=1S/C15H12F3NO2/c16-12-6-11(7-13(17)15(12)18)19-8-10-4-2-1-3-9(10)5-14(20)21/h1-4,6-7,19H,5,8H2,(H,20,21). The third kappa shape index (κ3) is 3.75. The predicted molar refractivity (Wildman–Crippen MR) is 71.4 cm³/mol. The van der Waals surface area contributed by atoms with Crippen molar-refractivity contribution in [2.75, 3.05) is 5.32 Å². The van der Waals surface area contributed by atoms with E-state index in [1.165, 1.54) is 0 Å². The van der Waals surface area contributed by atoms with E-state index in [0.717, 1.165) is 12.1 Å². The van der Waals surface area contributed by atoms with E-state index >= 15 is 0 Å². The zero-order valence-electron chi connectivity index (χ0n) is 10.9. The Hall–Kier alpha value is -2.50. The van der Waals surface area contributed by atoms with Crippen LogP contribution in [0.1, 0.15) is 11.1 Å². The number of halogens is 3. The molecule has 0 aromatic heterocycles. The summed E-state index contributed by atoms with van der Waals surface area (Å²) in [6, 6.07) is 8.50. The SMILES string of the molecule is O=C(O)Cc1ccccc1CNc1cc(F)c(F)c(F)c1. The van der Waals surface area contributed by atoms with Crippen LogP contribution in [-0.4, -0.2) is 11.1 Å². The van der Waals surface area contributed by atoms with E-state index in [9.17, 15) is 18.0 Å². The van der Waals surface area contributed by atoms with Gasteiger partial charge in [-0.1, -0.05) is 24.3 Å². The maximum atomic E-state index is 13.1. The van der Waals surface area contributed by atoms with Crippen molar-refractivity contribution in [1.29, 1.82) is 0 Å². The normalized spacial score (nSPS) is 10.4. The Morgan fingerprint density at radius 3 is 2.19 bits per heavy atom. The summed E-state index contributed by atoms with van der Waals surface area (Å²) in [5.41, 5.74) is 1.36. The van der Waals surface area contributed by atoms with E-state index in [1.54, 1.807) is 24.3 Å². The van der Waals surface area contributed by atoms with Crippen molar-refractivity contribution in [2.24, 2.45) is 0 Å². The number of nitrogens with one attached hydrogen (secondary N) is 1. The van der Waals surface area contributed by atoms with Gasteiger partial charge in [0.15, 0.2) is 17.5 Å². The van der Waals surface area contributed by atoms with E-state index in [1.807, 2.05) is 0 Å². The Kier molecular flexibility index (Phi) is 4.47. The lowest BCUT2D eigenvalue weighted by Gasteiger charge is -2.11. The largest absolute Gasteiger partial charge is 0.481 e. The molecule has 6 heteroatoms. The first-order valence-electron chi connectivity index (χ1n) is 6.14. The van der Waals surface area contributed by atoms with Crippen LogP contribution >= 0.6 is 0 Å². The number of aliphatic carboxylic acids is 1. The van der Waals surface area contributed by atoms with Crippen molar-refractivity contribution >= 4 is 11.7 Å². The van der Waals surface area contributed by atoms with Crippen LogP contribution < -0.4 is 5.32 Å². The Balaban J connectivity index is 2.15. The van der Waals surface area contributed by atoms with Gasteiger partial charge in [-0.05, 0) is 11.1 Å². The van der Waals surface area contributed by atoms with Gasteiger partial charge in [0.05, 0.1) is 6.42 Å². The van der Waals surface area contributed by atoms with E-state index in [-0.39, 0.29) is 18.7 Å². The lowest BCUT2D eigenvalue weighted by Crippen LogP contribution is -2.07. The number of benzene rings is 2. The van der Waals surface area contributed by atoms with Crippen LogP contribution in [-0.2, 0) is 17.8 Å². The van der Waals surface area contributed by atoms with Crippen LogP contribution in [0.25, 0.3) is 0 Å². The van der Waals surface area contributed by atoms with Gasteiger partial charge in [0.1, 0.15) is 0 Å². The Labute approximate surface area is 119 Å². The fraction of sp³-hybridized carbons (Fsp3) is 0.133. The average Bonchev–Trinajstić information content (AvgIpc) is 2.43. The molecular formula is C15H12F3NO2. The van der Waals surface area contributed by atoms with Gasteiger partial charge in [-0.25, -0.2) is 13.2 Å². The van der Waals surface area contributed by atoms with Gasteiger partial charge in [-0.15, -0.1) is 0 Å². The summed E-state index contributed by atoms with van der Waals surface area (Å²) in [6.45, 7) is 0.175. The second-order valence-corrected chi connectivity index (χ2v) is 4.45. The summed E-state index contributed by atoms with van der Waals surface area (Å²) in [6.07, 6.45) is -0.149. The van der Waals surface area contributed by atoms with Crippen molar-refractivity contribution in [1.82, 2.24) is 0 Å². The molecule has 0 aliphatic rings. The molecule has 3 nitrogen and oxygen atoms in total. The minimum absolute atomic E-state index is 0.0801. The first-order valence-corrected chi connectivity index (χ1v) is 6.14. The first kappa shape index (κ1) is 14.9. The van der Waals surface area contributed by atoms with Crippen LogP contribution in [0.15, 0.2) is 36.4 Å². The minimum Gasteiger partial charge on any atom is -0.481 e. The van der Waals surface area contributed by atoms with Crippen molar-refractivity contribution in [3.05, 3.63) is 65.0 Å². The molecule has 0 spiro atoms. The molecule has 2 aromatic carbocycles. The number of carboxylic acid groups (broad SMARTS) is 1. The Bertz CT molecular complexity index is 651. The van der Waals surface area contributed by atoms with Gasteiger partial charge in [0.2, 0.25) is 0 Å². The summed E-state index contributed by atoms with van der Waals surface area (Å²) >= 11 is 0. The van der Waals surface area contributed by atoms with E-state index in [0.29, 0.717) is 11.1 Å². The third-order valence-electron chi connectivity index (χ3n) is 2.93. The zero-order valence-corrected chi connectivity index (χ0v) is 10.9. The topological polar surface area (TPSA) is 49.3 Å². The molecule has 0 aliphatic carbocycles. The summed E-state index contributed by atoms with van der Waals surface area (Å²) in [7, 11) is 0. The number of carboxylic acids is 1. The van der Waals surface area contributed by atoms with E-state index in [4.69, 9.17) is 5.11 Å². The van der Waals surface area contributed by atoms with Crippen LogP contribution in [0, 0.1) is 17.5 Å².